The van der Waals surface area contributed by atoms with Crippen LogP contribution >= 0.6 is 15.9 Å². The fourth-order valence-corrected chi connectivity index (χ4v) is 2.88. The number of rotatable bonds is 7. The third-order valence-electron chi connectivity index (χ3n) is 3.74. The van der Waals surface area contributed by atoms with Crippen LogP contribution in [-0.4, -0.2) is 48.9 Å². The quantitative estimate of drug-likeness (QED) is 0.817. The summed E-state index contributed by atoms with van der Waals surface area (Å²) in [5, 5.41) is 0. The maximum absolute atomic E-state index is 12.1. The zero-order chi connectivity index (χ0) is 16.0. The van der Waals surface area contributed by atoms with Crippen LogP contribution in [0.4, 0.5) is 0 Å². The summed E-state index contributed by atoms with van der Waals surface area (Å²) in [5.41, 5.74) is 7.50. The second-order valence-corrected chi connectivity index (χ2v) is 6.24. The van der Waals surface area contributed by atoms with Crippen molar-refractivity contribution in [3.05, 3.63) is 34.3 Å². The van der Waals surface area contributed by atoms with Crippen molar-refractivity contribution in [2.24, 2.45) is 5.73 Å². The Balaban J connectivity index is 3.11. The molecule has 1 amide bonds. The first-order valence-corrected chi connectivity index (χ1v) is 8.15. The van der Waals surface area contributed by atoms with Gasteiger partial charge in [0.25, 0.3) is 0 Å². The molecular weight excluding hydrogens is 330 g/mol. The van der Waals surface area contributed by atoms with Crippen molar-refractivity contribution in [2.75, 3.05) is 27.2 Å². The molecule has 0 fully saturated rings. The van der Waals surface area contributed by atoms with Crippen molar-refractivity contribution < 1.29 is 4.79 Å². The van der Waals surface area contributed by atoms with E-state index >= 15 is 0 Å². The van der Waals surface area contributed by atoms with E-state index < -0.39 is 0 Å². The minimum absolute atomic E-state index is 0.0152. The molecule has 1 aromatic rings. The van der Waals surface area contributed by atoms with Gasteiger partial charge in [-0.1, -0.05) is 48.0 Å². The van der Waals surface area contributed by atoms with Gasteiger partial charge in [0.15, 0.2) is 0 Å². The summed E-state index contributed by atoms with van der Waals surface area (Å²) >= 11 is 3.61. The second-order valence-electron chi connectivity index (χ2n) is 5.39. The molecule has 0 heterocycles. The zero-order valence-electron chi connectivity index (χ0n) is 13.3. The van der Waals surface area contributed by atoms with Crippen LogP contribution in [-0.2, 0) is 4.79 Å². The molecule has 2 unspecified atom stereocenters. The van der Waals surface area contributed by atoms with E-state index in [4.69, 9.17) is 5.73 Å². The largest absolute Gasteiger partial charge is 0.348 e. The highest BCUT2D eigenvalue weighted by atomic mass is 79.9. The Morgan fingerprint density at radius 2 is 1.90 bits per heavy atom. The Morgan fingerprint density at radius 3 is 2.38 bits per heavy atom. The van der Waals surface area contributed by atoms with Gasteiger partial charge < -0.3 is 10.6 Å². The lowest BCUT2D eigenvalue weighted by Gasteiger charge is -2.35. The number of benzene rings is 1. The first kappa shape index (κ1) is 18.1. The third-order valence-corrected chi connectivity index (χ3v) is 4.46. The Morgan fingerprint density at radius 1 is 1.29 bits per heavy atom. The number of nitrogens with zero attached hydrogens (tertiary/aromatic N) is 2. The third kappa shape index (κ3) is 4.80. The zero-order valence-corrected chi connectivity index (χ0v) is 14.9. The molecule has 0 spiro atoms. The molecule has 118 valence electrons. The summed E-state index contributed by atoms with van der Waals surface area (Å²) in [6, 6.07) is 8.11. The lowest BCUT2D eigenvalue weighted by atomic mass is 9.96. The maximum atomic E-state index is 12.1. The van der Waals surface area contributed by atoms with Crippen LogP contribution in [0.25, 0.3) is 0 Å². The summed E-state index contributed by atoms with van der Waals surface area (Å²) in [6.07, 6.45) is 0.860. The molecule has 0 saturated carbocycles. The van der Waals surface area contributed by atoms with E-state index in [0.29, 0.717) is 6.54 Å². The molecule has 1 aromatic carbocycles. The fraction of sp³-hybridized carbons (Fsp3) is 0.562. The Hall–Kier alpha value is -0.910. The lowest BCUT2D eigenvalue weighted by Crippen LogP contribution is -2.45. The van der Waals surface area contributed by atoms with Crippen molar-refractivity contribution in [3.8, 4) is 0 Å². The van der Waals surface area contributed by atoms with Crippen molar-refractivity contribution >= 4 is 21.8 Å². The highest BCUT2D eigenvalue weighted by molar-refractivity contribution is 9.10. The van der Waals surface area contributed by atoms with E-state index in [9.17, 15) is 4.79 Å². The number of halogens is 1. The molecule has 0 aliphatic carbocycles. The van der Waals surface area contributed by atoms with E-state index in [1.165, 1.54) is 0 Å². The van der Waals surface area contributed by atoms with E-state index in [0.717, 1.165) is 23.0 Å². The van der Waals surface area contributed by atoms with Crippen molar-refractivity contribution in [1.29, 1.82) is 0 Å². The predicted octanol–water partition coefficient (Wildman–Crippen LogP) is 2.64. The summed E-state index contributed by atoms with van der Waals surface area (Å²) < 4.78 is 1.04. The molecule has 0 radical (unpaired) electrons. The Labute approximate surface area is 136 Å². The van der Waals surface area contributed by atoms with E-state index in [2.05, 4.69) is 40.7 Å². The van der Waals surface area contributed by atoms with Gasteiger partial charge in [-0.05, 0) is 24.6 Å². The van der Waals surface area contributed by atoms with Gasteiger partial charge in [0.1, 0.15) is 0 Å². The SMILES string of the molecule is CCC(N)C(c1ccccc1Br)N(CC)CC(=O)N(C)C. The first-order chi connectivity index (χ1) is 9.92. The number of hydrogen-bond donors (Lipinski definition) is 1. The summed E-state index contributed by atoms with van der Waals surface area (Å²) in [5.74, 6) is 0.0946. The summed E-state index contributed by atoms with van der Waals surface area (Å²) in [4.78, 5) is 15.8. The molecule has 2 atom stereocenters. The minimum Gasteiger partial charge on any atom is -0.348 e. The normalized spacial score (nSPS) is 14.0. The molecule has 0 aromatic heterocycles. The Bertz CT molecular complexity index is 465. The molecule has 4 nitrogen and oxygen atoms in total. The lowest BCUT2D eigenvalue weighted by molar-refractivity contribution is -0.130. The Kier molecular flexibility index (Phi) is 7.35. The second kappa shape index (κ2) is 8.51. The maximum Gasteiger partial charge on any atom is 0.236 e. The number of carbonyl (C=O) groups is 1. The fourth-order valence-electron chi connectivity index (χ4n) is 2.36. The molecule has 0 saturated heterocycles. The highest BCUT2D eigenvalue weighted by Crippen LogP contribution is 2.30. The average Bonchev–Trinajstić information content (AvgIpc) is 2.47. The number of carbonyl (C=O) groups excluding carboxylic acids is 1. The molecule has 0 aliphatic heterocycles. The molecule has 1 rings (SSSR count). The van der Waals surface area contributed by atoms with Crippen LogP contribution in [0, 0.1) is 0 Å². The molecule has 0 bridgehead atoms. The van der Waals surface area contributed by atoms with E-state index in [-0.39, 0.29) is 18.0 Å². The van der Waals surface area contributed by atoms with Crippen LogP contribution in [0.1, 0.15) is 31.9 Å². The average molecular weight is 356 g/mol. The summed E-state index contributed by atoms with van der Waals surface area (Å²) in [7, 11) is 3.56. The van der Waals surface area contributed by atoms with Crippen molar-refractivity contribution in [3.63, 3.8) is 0 Å². The number of nitrogens with two attached hydrogens (primary N) is 1. The van der Waals surface area contributed by atoms with Crippen molar-refractivity contribution in [1.82, 2.24) is 9.80 Å². The van der Waals surface area contributed by atoms with Gasteiger partial charge in [-0.25, -0.2) is 0 Å². The number of amides is 1. The summed E-state index contributed by atoms with van der Waals surface area (Å²) in [6.45, 7) is 5.30. The van der Waals surface area contributed by atoms with Gasteiger partial charge in [-0.2, -0.15) is 0 Å². The van der Waals surface area contributed by atoms with Crippen LogP contribution in [0.15, 0.2) is 28.7 Å². The van der Waals surface area contributed by atoms with Crippen LogP contribution in [0.3, 0.4) is 0 Å². The predicted molar refractivity (Wildman–Crippen MR) is 91.1 cm³/mol. The molecule has 0 aliphatic rings. The van der Waals surface area contributed by atoms with Gasteiger partial charge >= 0.3 is 0 Å². The standard InChI is InChI=1S/C16H26BrN3O/c1-5-14(18)16(12-9-7-8-10-13(12)17)20(6-2)11-15(21)19(3)4/h7-10,14,16H,5-6,11,18H2,1-4H3. The van der Waals surface area contributed by atoms with Gasteiger partial charge in [-0.3, -0.25) is 9.69 Å². The topological polar surface area (TPSA) is 49.6 Å². The molecule has 5 heteroatoms. The van der Waals surface area contributed by atoms with Crippen molar-refractivity contribution in [2.45, 2.75) is 32.4 Å². The van der Waals surface area contributed by atoms with Crippen LogP contribution in [0.5, 0.6) is 0 Å². The van der Waals surface area contributed by atoms with E-state index in [1.807, 2.05) is 18.2 Å². The van der Waals surface area contributed by atoms with Crippen LogP contribution < -0.4 is 5.73 Å². The minimum atomic E-state index is -0.0152. The van der Waals surface area contributed by atoms with Gasteiger partial charge in [0.05, 0.1) is 12.6 Å². The molecular formula is C16H26BrN3O. The molecule has 2 N–H and O–H groups in total. The van der Waals surface area contributed by atoms with Gasteiger partial charge in [0, 0.05) is 24.6 Å². The first-order valence-electron chi connectivity index (χ1n) is 7.36. The number of hydrogen-bond acceptors (Lipinski definition) is 3. The molecule has 21 heavy (non-hydrogen) atoms. The van der Waals surface area contributed by atoms with Gasteiger partial charge in [0.2, 0.25) is 5.91 Å². The van der Waals surface area contributed by atoms with Gasteiger partial charge in [-0.15, -0.1) is 0 Å². The monoisotopic (exact) mass is 355 g/mol. The number of likely N-dealkylation sites (N-methyl/N-ethyl adjacent to an activating group) is 2. The van der Waals surface area contributed by atoms with Crippen LogP contribution in [0.2, 0.25) is 0 Å². The van der Waals surface area contributed by atoms with E-state index in [1.54, 1.807) is 19.0 Å². The highest BCUT2D eigenvalue weighted by Gasteiger charge is 2.28. The smallest absolute Gasteiger partial charge is 0.236 e.